The molecule has 1 heterocycles. The zero-order valence-corrected chi connectivity index (χ0v) is 18.3. The summed E-state index contributed by atoms with van der Waals surface area (Å²) in [4.78, 5) is 39.7. The Hall–Kier alpha value is -3.26. The predicted octanol–water partition coefficient (Wildman–Crippen LogP) is 3.55. The van der Waals surface area contributed by atoms with Gasteiger partial charge < -0.3 is 15.0 Å². The van der Waals surface area contributed by atoms with Gasteiger partial charge >= 0.3 is 5.97 Å². The Morgan fingerprint density at radius 2 is 1.94 bits per heavy atom. The molecule has 0 saturated carbocycles. The van der Waals surface area contributed by atoms with Crippen LogP contribution in [0.5, 0.6) is 0 Å². The Morgan fingerprint density at radius 1 is 1.19 bits per heavy atom. The summed E-state index contributed by atoms with van der Waals surface area (Å²) in [6, 6.07) is 14.7. The van der Waals surface area contributed by atoms with Gasteiger partial charge in [0.2, 0.25) is 5.91 Å². The van der Waals surface area contributed by atoms with E-state index < -0.39 is 5.97 Å². The van der Waals surface area contributed by atoms with Crippen molar-refractivity contribution in [1.82, 2.24) is 14.9 Å². The average Bonchev–Trinajstić information content (AvgIpc) is 2.79. The first kappa shape index (κ1) is 22.4. The number of rotatable bonds is 8. The molecule has 1 amide bonds. The molecule has 0 spiro atoms. The third-order valence-electron chi connectivity index (χ3n) is 5.16. The van der Waals surface area contributed by atoms with Crippen molar-refractivity contribution in [2.24, 2.45) is 0 Å². The SMILES string of the molecule is COC(=O)c1ccc2c(=O)n(CCCC(=O)NC[C@@H](C)c3ccccc3)c(=S)[nH]c2c1. The number of hydrogen-bond acceptors (Lipinski definition) is 5. The molecule has 162 valence electrons. The van der Waals surface area contributed by atoms with E-state index >= 15 is 0 Å². The highest BCUT2D eigenvalue weighted by molar-refractivity contribution is 7.71. The monoisotopic (exact) mass is 439 g/mol. The highest BCUT2D eigenvalue weighted by atomic mass is 32.1. The van der Waals surface area contributed by atoms with E-state index in [1.807, 2.05) is 30.3 Å². The molecular weight excluding hydrogens is 414 g/mol. The lowest BCUT2D eigenvalue weighted by atomic mass is 10.0. The fraction of sp³-hybridized carbons (Fsp3) is 0.304. The molecule has 8 heteroatoms. The number of amides is 1. The van der Waals surface area contributed by atoms with E-state index in [1.54, 1.807) is 12.1 Å². The van der Waals surface area contributed by atoms with Crippen LogP contribution in [0.4, 0.5) is 0 Å². The first-order valence-electron chi connectivity index (χ1n) is 10.1. The molecule has 0 aliphatic carbocycles. The molecule has 3 aromatic rings. The van der Waals surface area contributed by atoms with E-state index in [0.717, 1.165) is 0 Å². The number of esters is 1. The van der Waals surface area contributed by atoms with Gasteiger partial charge in [-0.3, -0.25) is 14.2 Å². The molecular formula is C23H25N3O4S. The maximum absolute atomic E-state index is 12.8. The molecule has 1 aromatic heterocycles. The van der Waals surface area contributed by atoms with E-state index in [9.17, 15) is 14.4 Å². The van der Waals surface area contributed by atoms with Gasteiger partial charge in [0.25, 0.3) is 5.56 Å². The molecule has 2 N–H and O–H groups in total. The van der Waals surface area contributed by atoms with Gasteiger partial charge in [-0.1, -0.05) is 37.3 Å². The minimum Gasteiger partial charge on any atom is -0.465 e. The van der Waals surface area contributed by atoms with Gasteiger partial charge in [0, 0.05) is 19.5 Å². The molecule has 1 atom stereocenters. The first-order valence-corrected chi connectivity index (χ1v) is 10.5. The fourth-order valence-electron chi connectivity index (χ4n) is 3.35. The van der Waals surface area contributed by atoms with Crippen LogP contribution < -0.4 is 10.9 Å². The molecule has 0 bridgehead atoms. The summed E-state index contributed by atoms with van der Waals surface area (Å²) >= 11 is 5.31. The minimum atomic E-state index is -0.488. The van der Waals surface area contributed by atoms with Gasteiger partial charge in [0.15, 0.2) is 4.77 Å². The van der Waals surface area contributed by atoms with Crippen molar-refractivity contribution in [2.45, 2.75) is 32.2 Å². The molecule has 0 saturated heterocycles. The fourth-order valence-corrected chi connectivity index (χ4v) is 3.64. The predicted molar refractivity (Wildman–Crippen MR) is 122 cm³/mol. The number of ether oxygens (including phenoxy) is 1. The smallest absolute Gasteiger partial charge is 0.337 e. The van der Waals surface area contributed by atoms with Crippen LogP contribution in [0.1, 0.15) is 41.6 Å². The highest BCUT2D eigenvalue weighted by Crippen LogP contribution is 2.14. The van der Waals surface area contributed by atoms with E-state index in [1.165, 1.54) is 23.3 Å². The van der Waals surface area contributed by atoms with Crippen molar-refractivity contribution in [1.29, 1.82) is 0 Å². The number of carbonyl (C=O) groups excluding carboxylic acids is 2. The van der Waals surface area contributed by atoms with Crippen LogP contribution in [0, 0.1) is 4.77 Å². The van der Waals surface area contributed by atoms with Gasteiger partial charge in [-0.25, -0.2) is 4.79 Å². The van der Waals surface area contributed by atoms with Gasteiger partial charge in [0.1, 0.15) is 0 Å². The molecule has 0 fully saturated rings. The number of methoxy groups -OCH3 is 1. The third kappa shape index (κ3) is 5.46. The molecule has 2 aromatic carbocycles. The number of benzene rings is 2. The molecule has 0 aliphatic rings. The molecule has 0 radical (unpaired) electrons. The molecule has 0 aliphatic heterocycles. The number of aromatic nitrogens is 2. The van der Waals surface area contributed by atoms with Gasteiger partial charge in [-0.15, -0.1) is 0 Å². The van der Waals surface area contributed by atoms with Crippen molar-refractivity contribution in [2.75, 3.05) is 13.7 Å². The summed E-state index contributed by atoms with van der Waals surface area (Å²) in [7, 11) is 1.30. The summed E-state index contributed by atoms with van der Waals surface area (Å²) in [6.07, 6.45) is 0.775. The van der Waals surface area contributed by atoms with E-state index in [0.29, 0.717) is 42.4 Å². The van der Waals surface area contributed by atoms with Crippen LogP contribution >= 0.6 is 12.2 Å². The second kappa shape index (κ2) is 10.2. The lowest BCUT2D eigenvalue weighted by Gasteiger charge is -2.13. The van der Waals surface area contributed by atoms with Crippen molar-refractivity contribution < 1.29 is 14.3 Å². The van der Waals surface area contributed by atoms with Crippen LogP contribution in [0.25, 0.3) is 10.9 Å². The van der Waals surface area contributed by atoms with Crippen molar-refractivity contribution in [3.05, 3.63) is 74.8 Å². The second-order valence-electron chi connectivity index (χ2n) is 7.36. The number of fused-ring (bicyclic) bond motifs is 1. The molecule has 0 unspecified atom stereocenters. The van der Waals surface area contributed by atoms with Crippen molar-refractivity contribution >= 4 is 35.0 Å². The maximum Gasteiger partial charge on any atom is 0.337 e. The number of nitrogens with zero attached hydrogens (tertiary/aromatic N) is 1. The van der Waals surface area contributed by atoms with Crippen LogP contribution in [0.15, 0.2) is 53.3 Å². The Morgan fingerprint density at radius 3 is 2.65 bits per heavy atom. The Labute approximate surface area is 185 Å². The van der Waals surface area contributed by atoms with Gasteiger partial charge in [0.05, 0.1) is 23.6 Å². The van der Waals surface area contributed by atoms with E-state index in [2.05, 4.69) is 17.2 Å². The first-order chi connectivity index (χ1) is 14.9. The third-order valence-corrected chi connectivity index (χ3v) is 5.49. The lowest BCUT2D eigenvalue weighted by molar-refractivity contribution is -0.121. The van der Waals surface area contributed by atoms with Crippen LogP contribution in [-0.4, -0.2) is 35.1 Å². The quantitative estimate of drug-likeness (QED) is 0.414. The summed E-state index contributed by atoms with van der Waals surface area (Å²) in [5.41, 5.74) is 1.72. The van der Waals surface area contributed by atoms with Crippen molar-refractivity contribution in [3.63, 3.8) is 0 Å². The molecule has 7 nitrogen and oxygen atoms in total. The highest BCUT2D eigenvalue weighted by Gasteiger charge is 2.11. The van der Waals surface area contributed by atoms with Crippen molar-refractivity contribution in [3.8, 4) is 0 Å². The normalized spacial score (nSPS) is 11.8. The number of aromatic amines is 1. The number of hydrogen-bond donors (Lipinski definition) is 2. The second-order valence-corrected chi connectivity index (χ2v) is 7.74. The average molecular weight is 440 g/mol. The Balaban J connectivity index is 1.60. The standard InChI is InChI=1S/C23H25N3O4S/c1-15(16-7-4-3-5-8-16)14-24-20(27)9-6-12-26-21(28)18-11-10-17(22(29)30-2)13-19(18)25-23(26)31/h3-5,7-8,10-11,13,15H,6,9,12,14H2,1-2H3,(H,24,27)(H,25,31)/t15-/m1/s1. The van der Waals surface area contributed by atoms with Gasteiger partial charge in [-0.05, 0) is 48.3 Å². The summed E-state index contributed by atoms with van der Waals surface area (Å²) in [6.45, 7) is 2.95. The number of nitrogens with one attached hydrogen (secondary N) is 2. The molecule has 31 heavy (non-hydrogen) atoms. The maximum atomic E-state index is 12.8. The summed E-state index contributed by atoms with van der Waals surface area (Å²) < 4.78 is 6.39. The largest absolute Gasteiger partial charge is 0.465 e. The topological polar surface area (TPSA) is 93.2 Å². The van der Waals surface area contributed by atoms with Crippen LogP contribution in [0.2, 0.25) is 0 Å². The molecule has 3 rings (SSSR count). The Kier molecular flexibility index (Phi) is 7.36. The van der Waals surface area contributed by atoms with E-state index in [4.69, 9.17) is 17.0 Å². The summed E-state index contributed by atoms with van der Waals surface area (Å²) in [5.74, 6) is -0.329. The lowest BCUT2D eigenvalue weighted by Crippen LogP contribution is -2.28. The zero-order chi connectivity index (χ0) is 22.4. The van der Waals surface area contributed by atoms with Crippen LogP contribution in [0.3, 0.4) is 0 Å². The number of H-pyrrole nitrogens is 1. The van der Waals surface area contributed by atoms with Crippen LogP contribution in [-0.2, 0) is 16.1 Å². The summed E-state index contributed by atoms with van der Waals surface area (Å²) in [5, 5.41) is 3.36. The van der Waals surface area contributed by atoms with Gasteiger partial charge in [-0.2, -0.15) is 0 Å². The minimum absolute atomic E-state index is 0.0609. The zero-order valence-electron chi connectivity index (χ0n) is 17.5. The Bertz CT molecular complexity index is 1200. The van der Waals surface area contributed by atoms with E-state index in [-0.39, 0.29) is 22.2 Å². The number of carbonyl (C=O) groups is 2.